The van der Waals surface area contributed by atoms with Gasteiger partial charge in [0.2, 0.25) is 5.91 Å². The number of fused-ring (bicyclic) bond motifs is 1. The third-order valence-corrected chi connectivity index (χ3v) is 3.23. The van der Waals surface area contributed by atoms with Gasteiger partial charge in [-0.2, -0.15) is 4.98 Å². The molecule has 0 radical (unpaired) electrons. The van der Waals surface area contributed by atoms with Crippen LogP contribution in [0.5, 0.6) is 0 Å². The van der Waals surface area contributed by atoms with Gasteiger partial charge in [-0.25, -0.2) is 9.50 Å². The van der Waals surface area contributed by atoms with Crippen molar-refractivity contribution < 1.29 is 4.79 Å². The molecule has 0 unspecified atom stereocenters. The summed E-state index contributed by atoms with van der Waals surface area (Å²) in [5.74, 6) is 0.566. The van der Waals surface area contributed by atoms with Crippen LogP contribution in [0, 0.1) is 0 Å². The summed E-state index contributed by atoms with van der Waals surface area (Å²) in [7, 11) is 0. The number of amides is 1. The fourth-order valence-corrected chi connectivity index (χ4v) is 2.24. The fraction of sp³-hybridized carbons (Fsp3) is 0.0769. The Labute approximate surface area is 129 Å². The van der Waals surface area contributed by atoms with Crippen LogP contribution in [-0.2, 0) is 11.2 Å². The molecule has 0 saturated carbocycles. The average Bonchev–Trinajstić information content (AvgIpc) is 2.84. The second-order valence-electron chi connectivity index (χ2n) is 4.24. The van der Waals surface area contributed by atoms with Crippen LogP contribution in [0.4, 0.5) is 5.69 Å². The summed E-state index contributed by atoms with van der Waals surface area (Å²) in [6, 6.07) is 6.59. The van der Waals surface area contributed by atoms with Gasteiger partial charge in [-0.1, -0.05) is 23.2 Å². The normalized spacial score (nSPS) is 10.8. The Hall–Kier alpha value is -2.18. The van der Waals surface area contributed by atoms with Gasteiger partial charge in [0.25, 0.3) is 5.78 Å². The van der Waals surface area contributed by atoms with E-state index in [1.165, 1.54) is 4.52 Å². The number of nitrogens with one attached hydrogen (secondary N) is 1. The lowest BCUT2D eigenvalue weighted by Crippen LogP contribution is -2.15. The standard InChI is InChI=1S/C13H9Cl2N5O/c14-8-2-3-10(9(15)6-8)17-12(21)7-11-18-13-16-4-1-5-20(13)19-11/h1-6H,7H2,(H,17,21). The van der Waals surface area contributed by atoms with Crippen molar-refractivity contribution in [2.75, 3.05) is 5.32 Å². The molecule has 2 aromatic heterocycles. The molecule has 0 aliphatic carbocycles. The van der Waals surface area contributed by atoms with E-state index in [9.17, 15) is 4.79 Å². The number of anilines is 1. The lowest BCUT2D eigenvalue weighted by molar-refractivity contribution is -0.115. The Morgan fingerprint density at radius 1 is 1.33 bits per heavy atom. The summed E-state index contributed by atoms with van der Waals surface area (Å²) in [5.41, 5.74) is 0.493. The van der Waals surface area contributed by atoms with Crippen molar-refractivity contribution in [1.82, 2.24) is 19.6 Å². The summed E-state index contributed by atoms with van der Waals surface area (Å²) in [4.78, 5) is 20.2. The van der Waals surface area contributed by atoms with E-state index in [0.717, 1.165) is 0 Å². The van der Waals surface area contributed by atoms with Gasteiger partial charge in [0, 0.05) is 17.4 Å². The van der Waals surface area contributed by atoms with Crippen LogP contribution in [0.2, 0.25) is 10.0 Å². The summed E-state index contributed by atoms with van der Waals surface area (Å²) < 4.78 is 1.51. The van der Waals surface area contributed by atoms with Gasteiger partial charge >= 0.3 is 0 Å². The van der Waals surface area contributed by atoms with E-state index >= 15 is 0 Å². The molecule has 6 nitrogen and oxygen atoms in total. The molecule has 1 aromatic carbocycles. The van der Waals surface area contributed by atoms with Gasteiger partial charge in [-0.05, 0) is 24.3 Å². The molecule has 0 fully saturated rings. The predicted octanol–water partition coefficient (Wildman–Crippen LogP) is 2.61. The minimum Gasteiger partial charge on any atom is -0.324 e. The minimum absolute atomic E-state index is 0.0301. The van der Waals surface area contributed by atoms with Gasteiger partial charge in [0.15, 0.2) is 5.82 Å². The van der Waals surface area contributed by atoms with Crippen molar-refractivity contribution in [2.24, 2.45) is 0 Å². The van der Waals surface area contributed by atoms with Crippen molar-refractivity contribution in [3.63, 3.8) is 0 Å². The molecule has 2 heterocycles. The lowest BCUT2D eigenvalue weighted by Gasteiger charge is -2.06. The molecular formula is C13H9Cl2N5O. The number of rotatable bonds is 3. The number of hydrogen-bond donors (Lipinski definition) is 1. The maximum atomic E-state index is 12.0. The molecule has 0 aliphatic heterocycles. The zero-order valence-corrected chi connectivity index (χ0v) is 12.1. The van der Waals surface area contributed by atoms with Gasteiger partial charge in [0.05, 0.1) is 17.1 Å². The van der Waals surface area contributed by atoms with Crippen LogP contribution in [0.15, 0.2) is 36.7 Å². The van der Waals surface area contributed by atoms with E-state index in [1.807, 2.05) is 0 Å². The van der Waals surface area contributed by atoms with Crippen LogP contribution in [0.1, 0.15) is 5.82 Å². The highest BCUT2D eigenvalue weighted by Crippen LogP contribution is 2.25. The van der Waals surface area contributed by atoms with Gasteiger partial charge in [-0.15, -0.1) is 5.10 Å². The molecule has 1 amide bonds. The highest BCUT2D eigenvalue weighted by Gasteiger charge is 2.11. The van der Waals surface area contributed by atoms with Crippen LogP contribution in [0.25, 0.3) is 5.78 Å². The van der Waals surface area contributed by atoms with Crippen LogP contribution in [-0.4, -0.2) is 25.5 Å². The van der Waals surface area contributed by atoms with Crippen molar-refractivity contribution in [3.05, 3.63) is 52.5 Å². The Morgan fingerprint density at radius 2 is 2.19 bits per heavy atom. The monoisotopic (exact) mass is 321 g/mol. The molecule has 3 aromatic rings. The van der Waals surface area contributed by atoms with Crippen molar-refractivity contribution in [2.45, 2.75) is 6.42 Å². The summed E-state index contributed by atoms with van der Waals surface area (Å²) in [6.45, 7) is 0. The van der Waals surface area contributed by atoms with Gasteiger partial charge in [-0.3, -0.25) is 4.79 Å². The Bertz CT molecular complexity index is 784. The number of benzene rings is 1. The first-order chi connectivity index (χ1) is 10.1. The molecule has 8 heteroatoms. The number of carbonyl (C=O) groups is 1. The Kier molecular flexibility index (Phi) is 3.72. The summed E-state index contributed by atoms with van der Waals surface area (Å²) in [5, 5.41) is 7.73. The molecule has 3 rings (SSSR count). The number of halogens is 2. The van der Waals surface area contributed by atoms with Crippen molar-refractivity contribution in [3.8, 4) is 0 Å². The molecule has 21 heavy (non-hydrogen) atoms. The maximum Gasteiger partial charge on any atom is 0.252 e. The SMILES string of the molecule is O=C(Cc1nc2ncccn2n1)Nc1ccc(Cl)cc1Cl. The molecule has 0 bridgehead atoms. The maximum absolute atomic E-state index is 12.0. The molecular weight excluding hydrogens is 313 g/mol. The molecule has 0 aliphatic rings. The van der Waals surface area contributed by atoms with E-state index in [2.05, 4.69) is 20.4 Å². The minimum atomic E-state index is -0.268. The highest BCUT2D eigenvalue weighted by atomic mass is 35.5. The first kappa shape index (κ1) is 13.8. The first-order valence-corrected chi connectivity index (χ1v) is 6.78. The smallest absolute Gasteiger partial charge is 0.252 e. The van der Waals surface area contributed by atoms with Gasteiger partial charge < -0.3 is 5.32 Å². The molecule has 0 spiro atoms. The molecule has 0 saturated heterocycles. The van der Waals surface area contributed by atoms with Crippen molar-refractivity contribution >= 4 is 40.6 Å². The highest BCUT2D eigenvalue weighted by molar-refractivity contribution is 6.36. The topological polar surface area (TPSA) is 72.2 Å². The Morgan fingerprint density at radius 3 is 2.95 bits per heavy atom. The average molecular weight is 322 g/mol. The summed E-state index contributed by atoms with van der Waals surface area (Å²) >= 11 is 11.8. The number of hydrogen-bond acceptors (Lipinski definition) is 4. The van der Waals surface area contributed by atoms with Gasteiger partial charge in [0.1, 0.15) is 0 Å². The number of aromatic nitrogens is 4. The van der Waals surface area contributed by atoms with Crippen LogP contribution in [0.3, 0.4) is 0 Å². The lowest BCUT2D eigenvalue weighted by atomic mass is 10.3. The third kappa shape index (κ3) is 3.12. The molecule has 106 valence electrons. The van der Waals surface area contributed by atoms with Crippen molar-refractivity contribution in [1.29, 1.82) is 0 Å². The Balaban J connectivity index is 1.74. The first-order valence-electron chi connectivity index (χ1n) is 6.03. The zero-order chi connectivity index (χ0) is 14.8. The largest absolute Gasteiger partial charge is 0.324 e. The second kappa shape index (κ2) is 5.67. The number of nitrogens with zero attached hydrogens (tertiary/aromatic N) is 4. The molecule has 1 N–H and O–H groups in total. The quantitative estimate of drug-likeness (QED) is 0.804. The van der Waals surface area contributed by atoms with E-state index in [0.29, 0.717) is 27.3 Å². The summed E-state index contributed by atoms with van der Waals surface area (Å²) in [6.07, 6.45) is 3.36. The zero-order valence-electron chi connectivity index (χ0n) is 10.6. The predicted molar refractivity (Wildman–Crippen MR) is 79.6 cm³/mol. The van der Waals surface area contributed by atoms with E-state index in [1.54, 1.807) is 36.7 Å². The van der Waals surface area contributed by atoms with E-state index in [-0.39, 0.29) is 12.3 Å². The van der Waals surface area contributed by atoms with Crippen LogP contribution < -0.4 is 5.32 Å². The molecule has 0 atom stereocenters. The van der Waals surface area contributed by atoms with E-state index < -0.39 is 0 Å². The second-order valence-corrected chi connectivity index (χ2v) is 5.09. The van der Waals surface area contributed by atoms with E-state index in [4.69, 9.17) is 23.2 Å². The fourth-order valence-electron chi connectivity index (χ4n) is 1.78. The number of carbonyl (C=O) groups excluding carboxylic acids is 1. The van der Waals surface area contributed by atoms with Crippen LogP contribution >= 0.6 is 23.2 Å². The third-order valence-electron chi connectivity index (χ3n) is 2.68.